The molecule has 2 aromatic carbocycles. The van der Waals surface area contributed by atoms with Crippen molar-refractivity contribution < 1.29 is 0 Å². The number of piperidine rings is 1. The highest BCUT2D eigenvalue weighted by molar-refractivity contribution is 7.80. The number of aromatic nitrogens is 2. The zero-order chi connectivity index (χ0) is 25.4. The number of pyridine rings is 1. The molecular weight excluding hydrogens is 498 g/mol. The number of hydrogen-bond acceptors (Lipinski definition) is 3. The van der Waals surface area contributed by atoms with Crippen molar-refractivity contribution in [2.45, 2.75) is 31.8 Å². The Balaban J connectivity index is 1.38. The lowest BCUT2D eigenvalue weighted by atomic mass is 9.98. The van der Waals surface area contributed by atoms with Crippen molar-refractivity contribution >= 4 is 40.3 Å². The van der Waals surface area contributed by atoms with E-state index in [-0.39, 0.29) is 12.1 Å². The quantitative estimate of drug-likeness (QED) is 0.284. The number of para-hydroxylation sites is 1. The van der Waals surface area contributed by atoms with Crippen molar-refractivity contribution in [2.75, 3.05) is 22.9 Å². The Labute approximate surface area is 228 Å². The summed E-state index contributed by atoms with van der Waals surface area (Å²) in [7, 11) is 0. The maximum atomic E-state index is 6.91. The Morgan fingerprint density at radius 3 is 2.46 bits per heavy atom. The van der Waals surface area contributed by atoms with Gasteiger partial charge in [0.1, 0.15) is 0 Å². The van der Waals surface area contributed by atoms with Crippen LogP contribution in [0, 0.1) is 5.92 Å². The molecule has 0 saturated carbocycles. The second-order valence-corrected chi connectivity index (χ2v) is 10.8. The van der Waals surface area contributed by atoms with E-state index in [1.54, 1.807) is 0 Å². The van der Waals surface area contributed by atoms with Gasteiger partial charge in [0.2, 0.25) is 0 Å². The van der Waals surface area contributed by atoms with E-state index in [0.717, 1.165) is 52.3 Å². The van der Waals surface area contributed by atoms with Crippen LogP contribution < -0.4 is 15.1 Å². The van der Waals surface area contributed by atoms with E-state index >= 15 is 0 Å². The Hall–Kier alpha value is -3.35. The Bertz CT molecular complexity index is 1380. The van der Waals surface area contributed by atoms with Gasteiger partial charge in [0.05, 0.1) is 28.5 Å². The number of hydrogen-bond donors (Lipinski definition) is 1. The summed E-state index contributed by atoms with van der Waals surface area (Å²) in [6.45, 7) is 4.41. The highest BCUT2D eigenvalue weighted by Gasteiger charge is 2.41. The normalized spacial score (nSPS) is 20.3. The van der Waals surface area contributed by atoms with Crippen LogP contribution in [0.4, 0.5) is 11.4 Å². The zero-order valence-corrected chi connectivity index (χ0v) is 22.4. The minimum Gasteiger partial charge on any atom is -0.370 e. The van der Waals surface area contributed by atoms with E-state index in [2.05, 4.69) is 98.6 Å². The van der Waals surface area contributed by atoms with Gasteiger partial charge < -0.3 is 19.7 Å². The molecule has 2 saturated heterocycles. The first-order chi connectivity index (χ1) is 18.1. The van der Waals surface area contributed by atoms with Gasteiger partial charge in [0.25, 0.3) is 0 Å². The average molecular weight is 528 g/mol. The van der Waals surface area contributed by atoms with Gasteiger partial charge in [-0.15, -0.1) is 0 Å². The van der Waals surface area contributed by atoms with E-state index in [1.807, 2.05) is 24.4 Å². The largest absolute Gasteiger partial charge is 0.370 e. The molecule has 37 heavy (non-hydrogen) atoms. The first-order valence-corrected chi connectivity index (χ1v) is 13.7. The molecule has 0 amide bonds. The first kappa shape index (κ1) is 24.0. The Kier molecular flexibility index (Phi) is 6.61. The van der Waals surface area contributed by atoms with Crippen molar-refractivity contribution in [3.05, 3.63) is 108 Å². The van der Waals surface area contributed by atoms with Gasteiger partial charge in [0.15, 0.2) is 5.11 Å². The van der Waals surface area contributed by atoms with E-state index < -0.39 is 0 Å². The second-order valence-electron chi connectivity index (χ2n) is 9.99. The second kappa shape index (κ2) is 10.2. The number of nitrogens with one attached hydrogen (secondary N) is 1. The predicted molar refractivity (Wildman–Crippen MR) is 156 cm³/mol. The summed E-state index contributed by atoms with van der Waals surface area (Å²) in [6, 6.07) is 24.7. The van der Waals surface area contributed by atoms with E-state index in [0.29, 0.717) is 5.11 Å². The molecule has 4 aromatic rings. The third-order valence-electron chi connectivity index (χ3n) is 7.54. The lowest BCUT2D eigenvalue weighted by Crippen LogP contribution is -2.33. The van der Waals surface area contributed by atoms with Gasteiger partial charge >= 0.3 is 0 Å². The summed E-state index contributed by atoms with van der Waals surface area (Å²) >= 11 is 12.8. The minimum atomic E-state index is -0.0950. The summed E-state index contributed by atoms with van der Waals surface area (Å²) in [5.74, 6) is 0.773. The molecule has 0 spiro atoms. The number of benzene rings is 2. The predicted octanol–water partition coefficient (Wildman–Crippen LogP) is 6.94. The molecule has 6 rings (SSSR count). The van der Waals surface area contributed by atoms with Gasteiger partial charge in [-0.05, 0) is 85.1 Å². The summed E-state index contributed by atoms with van der Waals surface area (Å²) in [5.41, 5.74) is 5.30. The van der Waals surface area contributed by atoms with Crippen LogP contribution in [-0.2, 0) is 0 Å². The van der Waals surface area contributed by atoms with Crippen molar-refractivity contribution in [3.63, 3.8) is 0 Å². The van der Waals surface area contributed by atoms with Crippen molar-refractivity contribution in [1.82, 2.24) is 14.9 Å². The van der Waals surface area contributed by atoms with E-state index in [4.69, 9.17) is 23.8 Å². The zero-order valence-electron chi connectivity index (χ0n) is 20.8. The van der Waals surface area contributed by atoms with Crippen molar-refractivity contribution in [3.8, 4) is 5.69 Å². The molecule has 4 heterocycles. The number of thiocarbonyl (C=S) groups is 1. The number of nitrogens with zero attached hydrogens (tertiary/aromatic N) is 4. The summed E-state index contributed by atoms with van der Waals surface area (Å²) in [4.78, 5) is 9.27. The fourth-order valence-corrected chi connectivity index (χ4v) is 6.11. The smallest absolute Gasteiger partial charge is 0.174 e. The minimum absolute atomic E-state index is 0.0786. The number of rotatable bonds is 5. The third-order valence-corrected chi connectivity index (χ3v) is 8.16. The molecule has 0 unspecified atom stereocenters. The van der Waals surface area contributed by atoms with Gasteiger partial charge in [-0.3, -0.25) is 4.98 Å². The lowest BCUT2D eigenvalue weighted by Gasteiger charge is -2.33. The maximum Gasteiger partial charge on any atom is 0.174 e. The molecule has 1 N–H and O–H groups in total. The summed E-state index contributed by atoms with van der Waals surface area (Å²) < 4.78 is 2.15. The SMILES string of the molecule is CC1CCN(c2ccc(N3C(=S)N[C@@H](c4ccccn4)[C@H]3c3ccn(-c4ccccc4)c3)cc2Cl)CC1. The Morgan fingerprint density at radius 2 is 1.73 bits per heavy atom. The molecule has 188 valence electrons. The topological polar surface area (TPSA) is 36.3 Å². The molecule has 2 atom stereocenters. The van der Waals surface area contributed by atoms with E-state index in [1.165, 1.54) is 12.8 Å². The number of anilines is 2. The fraction of sp³-hybridized carbons (Fsp3) is 0.267. The van der Waals surface area contributed by atoms with Crippen LogP contribution in [-0.4, -0.2) is 27.8 Å². The first-order valence-electron chi connectivity index (χ1n) is 12.9. The van der Waals surface area contributed by atoms with E-state index in [9.17, 15) is 0 Å². The number of halogens is 1. The van der Waals surface area contributed by atoms with Crippen LogP contribution in [0.15, 0.2) is 91.4 Å². The van der Waals surface area contributed by atoms with Crippen molar-refractivity contribution in [2.24, 2.45) is 5.92 Å². The average Bonchev–Trinajstić information content (AvgIpc) is 3.55. The van der Waals surface area contributed by atoms with Crippen LogP contribution in [0.3, 0.4) is 0 Å². The molecule has 2 aliphatic heterocycles. The Morgan fingerprint density at radius 1 is 0.946 bits per heavy atom. The molecule has 0 bridgehead atoms. The van der Waals surface area contributed by atoms with Crippen LogP contribution >= 0.6 is 23.8 Å². The standard InChI is InChI=1S/C30H30ClN5S/c1-21-12-16-34(17-13-21)27-11-10-24(19-25(27)31)36-29(28(33-30(36)37)26-9-5-6-15-32-26)22-14-18-35(20-22)23-7-3-2-4-8-23/h2-11,14-15,18-21,28-29H,12-13,16-17H2,1H3,(H,33,37)/t28-,29+/m0/s1. The van der Waals surface area contributed by atoms with Gasteiger partial charge in [-0.25, -0.2) is 0 Å². The van der Waals surface area contributed by atoms with Crippen molar-refractivity contribution in [1.29, 1.82) is 0 Å². The molecule has 0 aliphatic carbocycles. The monoisotopic (exact) mass is 527 g/mol. The fourth-order valence-electron chi connectivity index (χ4n) is 5.47. The molecule has 2 aromatic heterocycles. The molecule has 0 radical (unpaired) electrons. The van der Waals surface area contributed by atoms with Gasteiger partial charge in [0, 0.05) is 43.1 Å². The van der Waals surface area contributed by atoms with Gasteiger partial charge in [-0.1, -0.05) is 42.8 Å². The molecule has 5 nitrogen and oxygen atoms in total. The summed E-state index contributed by atoms with van der Waals surface area (Å²) in [5, 5.41) is 4.98. The molecule has 7 heteroatoms. The third kappa shape index (κ3) is 4.72. The van der Waals surface area contributed by atoms with Crippen LogP contribution in [0.25, 0.3) is 5.69 Å². The highest BCUT2D eigenvalue weighted by Crippen LogP contribution is 2.43. The molecular formula is C30H30ClN5S. The van der Waals surface area contributed by atoms with Crippen LogP contribution in [0.5, 0.6) is 0 Å². The van der Waals surface area contributed by atoms with Crippen LogP contribution in [0.1, 0.15) is 43.1 Å². The van der Waals surface area contributed by atoms with Crippen LogP contribution in [0.2, 0.25) is 5.02 Å². The maximum absolute atomic E-state index is 6.91. The van der Waals surface area contributed by atoms with Gasteiger partial charge in [-0.2, -0.15) is 0 Å². The molecule has 2 aliphatic rings. The summed E-state index contributed by atoms with van der Waals surface area (Å²) in [6.07, 6.45) is 8.52. The lowest BCUT2D eigenvalue weighted by molar-refractivity contribution is 0.438. The molecule has 2 fully saturated rings. The highest BCUT2D eigenvalue weighted by atomic mass is 35.5.